The van der Waals surface area contributed by atoms with Crippen molar-refractivity contribution >= 4 is 22.4 Å². The van der Waals surface area contributed by atoms with Crippen molar-refractivity contribution in [2.45, 2.75) is 67.3 Å². The highest BCUT2D eigenvalue weighted by Gasteiger charge is 2.03. The van der Waals surface area contributed by atoms with Crippen LogP contribution in [0.2, 0.25) is 0 Å². The number of aliphatic imine (C=N–C) groups is 1. The zero-order valence-corrected chi connectivity index (χ0v) is 25.1. The molecule has 7 nitrogen and oxygen atoms in total. The van der Waals surface area contributed by atoms with E-state index in [1.54, 1.807) is 37.4 Å². The number of carbonyl (C=O) groups excluding carboxylic acids is 1. The highest BCUT2D eigenvalue weighted by Crippen LogP contribution is 2.16. The van der Waals surface area contributed by atoms with Crippen molar-refractivity contribution in [3.63, 3.8) is 0 Å². The van der Waals surface area contributed by atoms with Gasteiger partial charge in [0.1, 0.15) is 0 Å². The minimum atomic E-state index is 0.0873. The molecule has 0 aliphatic heterocycles. The van der Waals surface area contributed by atoms with Crippen molar-refractivity contribution in [3.05, 3.63) is 95.0 Å². The zero-order chi connectivity index (χ0) is 29.4. The van der Waals surface area contributed by atoms with Gasteiger partial charge < -0.3 is 5.73 Å². The number of rotatable bonds is 5. The summed E-state index contributed by atoms with van der Waals surface area (Å²) in [5, 5.41) is 11.8. The van der Waals surface area contributed by atoms with Gasteiger partial charge in [-0.05, 0) is 70.4 Å². The predicted molar refractivity (Wildman–Crippen MR) is 166 cm³/mol. The number of allylic oxidation sites excluding steroid dienone is 2. The molecule has 4 aromatic rings. The molecule has 2 aromatic carbocycles. The van der Waals surface area contributed by atoms with Gasteiger partial charge in [-0.3, -0.25) is 19.6 Å². The minimum Gasteiger partial charge on any atom is -0.324 e. The van der Waals surface area contributed by atoms with E-state index in [4.69, 9.17) is 5.73 Å². The largest absolute Gasteiger partial charge is 0.324 e. The molecule has 7 heteroatoms. The topological polar surface area (TPSA) is 102 Å². The summed E-state index contributed by atoms with van der Waals surface area (Å²) in [6.45, 7) is 14.2. The first-order valence-electron chi connectivity index (χ1n) is 13.3. The number of nitrogens with two attached hydrogens (primary N) is 1. The Bertz CT molecular complexity index is 1340. The molecule has 0 aliphatic carbocycles. The molecule has 0 fully saturated rings. The Morgan fingerprint density at radius 3 is 2.31 bits per heavy atom. The molecule has 0 saturated heterocycles. The fraction of sp³-hybridized carbons (Fsp3) is 0.375. The van der Waals surface area contributed by atoms with Gasteiger partial charge in [0.25, 0.3) is 0 Å². The molecule has 2 heterocycles. The Labute approximate surface area is 234 Å². The molecule has 0 saturated carbocycles. The average Bonchev–Trinajstić information content (AvgIpc) is 3.57. The molecular formula is C32H46N6O. The van der Waals surface area contributed by atoms with Gasteiger partial charge in [0.2, 0.25) is 0 Å². The van der Waals surface area contributed by atoms with E-state index >= 15 is 0 Å². The maximum Gasteiger partial charge on any atom is 0.165 e. The van der Waals surface area contributed by atoms with Crippen molar-refractivity contribution in [1.29, 1.82) is 0 Å². The monoisotopic (exact) mass is 530 g/mol. The highest BCUT2D eigenvalue weighted by molar-refractivity contribution is 5.95. The first kappa shape index (κ1) is 33.2. The van der Waals surface area contributed by atoms with E-state index in [-0.39, 0.29) is 11.8 Å². The lowest BCUT2D eigenvalue weighted by molar-refractivity contribution is 0.0988. The molecule has 0 aliphatic rings. The smallest absolute Gasteiger partial charge is 0.165 e. The summed E-state index contributed by atoms with van der Waals surface area (Å²) in [6.07, 6.45) is 8.87. The SMILES string of the molecule is CC(N)c1ccc2[nH]ncc2c1.CCC(=O)c1cnn(C)c1.CCc1cccc(C)c1.CN=C(C)C=C(C)C. The van der Waals surface area contributed by atoms with E-state index in [9.17, 15) is 4.79 Å². The number of carbonyl (C=O) groups is 1. The molecule has 4 rings (SSSR count). The van der Waals surface area contributed by atoms with Crippen LogP contribution in [-0.4, -0.2) is 38.5 Å². The number of aromatic nitrogens is 4. The second-order valence-electron chi connectivity index (χ2n) is 9.61. The van der Waals surface area contributed by atoms with E-state index in [0.29, 0.717) is 12.0 Å². The summed E-state index contributed by atoms with van der Waals surface area (Å²) in [7, 11) is 3.60. The van der Waals surface area contributed by atoms with Crippen LogP contribution < -0.4 is 5.73 Å². The maximum absolute atomic E-state index is 11.0. The second kappa shape index (κ2) is 17.6. The lowest BCUT2D eigenvalue weighted by Crippen LogP contribution is -2.04. The lowest BCUT2D eigenvalue weighted by Gasteiger charge is -2.03. The maximum atomic E-state index is 11.0. The van der Waals surface area contributed by atoms with Gasteiger partial charge >= 0.3 is 0 Å². The van der Waals surface area contributed by atoms with Crippen LogP contribution in [0, 0.1) is 6.92 Å². The number of hydrogen-bond acceptors (Lipinski definition) is 5. The minimum absolute atomic E-state index is 0.0873. The van der Waals surface area contributed by atoms with Crippen molar-refractivity contribution < 1.29 is 4.79 Å². The number of hydrogen-bond donors (Lipinski definition) is 2. The Morgan fingerprint density at radius 2 is 1.85 bits per heavy atom. The van der Waals surface area contributed by atoms with Crippen LogP contribution in [-0.2, 0) is 13.5 Å². The number of H-pyrrole nitrogens is 1. The Hall–Kier alpha value is -3.84. The van der Waals surface area contributed by atoms with Crippen LogP contribution in [0.3, 0.4) is 0 Å². The average molecular weight is 531 g/mol. The molecule has 210 valence electrons. The normalized spacial score (nSPS) is 11.2. The van der Waals surface area contributed by atoms with E-state index in [0.717, 1.165) is 28.6 Å². The van der Waals surface area contributed by atoms with E-state index in [2.05, 4.69) is 84.4 Å². The fourth-order valence-corrected chi connectivity index (χ4v) is 3.43. The zero-order valence-electron chi connectivity index (χ0n) is 25.1. The summed E-state index contributed by atoms with van der Waals surface area (Å²) in [5.74, 6) is 0.146. The lowest BCUT2D eigenvalue weighted by atomic mass is 10.1. The number of ketones is 1. The molecule has 39 heavy (non-hydrogen) atoms. The number of nitrogens with zero attached hydrogens (tertiary/aromatic N) is 4. The second-order valence-corrected chi connectivity index (χ2v) is 9.61. The van der Waals surface area contributed by atoms with Gasteiger partial charge in [0.15, 0.2) is 5.78 Å². The number of benzene rings is 2. The molecular weight excluding hydrogens is 484 g/mol. The number of aryl methyl sites for hydroxylation is 3. The number of aromatic amines is 1. The summed E-state index contributed by atoms with van der Waals surface area (Å²) in [6, 6.07) is 14.8. The van der Waals surface area contributed by atoms with Gasteiger partial charge in [-0.1, -0.05) is 55.3 Å². The van der Waals surface area contributed by atoms with Crippen LogP contribution >= 0.6 is 0 Å². The van der Waals surface area contributed by atoms with Crippen molar-refractivity contribution in [2.24, 2.45) is 17.8 Å². The quantitative estimate of drug-likeness (QED) is 0.210. The van der Waals surface area contributed by atoms with Crippen LogP contribution in [0.15, 0.2) is 77.7 Å². The van der Waals surface area contributed by atoms with Gasteiger partial charge in [-0.25, -0.2) is 0 Å². The van der Waals surface area contributed by atoms with E-state index in [1.807, 2.05) is 32.9 Å². The molecule has 3 N–H and O–H groups in total. The molecule has 0 amide bonds. The summed E-state index contributed by atoms with van der Waals surface area (Å²) < 4.78 is 1.63. The highest BCUT2D eigenvalue weighted by atomic mass is 16.1. The molecule has 0 bridgehead atoms. The van der Waals surface area contributed by atoms with Gasteiger partial charge in [0.05, 0.1) is 23.5 Å². The van der Waals surface area contributed by atoms with Crippen LogP contribution in [0.5, 0.6) is 0 Å². The standard InChI is InChI=1S/C9H11N3.C9H12.C7H10N2O.C7H13N/c1-6(10)7-2-3-9-8(4-7)5-11-12-9;1-3-9-6-4-5-8(2)7-9;1-3-7(10)6-4-8-9(2)5-6;1-6(2)5-7(3)8-4/h2-6H,10H2,1H3,(H,11,12);4-7H,3H2,1-2H3;4-5H,3H2,1-2H3;5H,1-4H3. The number of nitrogens with one attached hydrogen (secondary N) is 1. The van der Waals surface area contributed by atoms with Gasteiger partial charge in [-0.15, -0.1) is 0 Å². The molecule has 0 radical (unpaired) electrons. The van der Waals surface area contributed by atoms with E-state index in [1.165, 1.54) is 16.7 Å². The fourth-order valence-electron chi connectivity index (χ4n) is 3.43. The predicted octanol–water partition coefficient (Wildman–Crippen LogP) is 7.20. The first-order valence-corrected chi connectivity index (χ1v) is 13.3. The number of Topliss-reactive ketones (excluding diaryl/α,β-unsaturated/α-hetero) is 1. The molecule has 1 atom stereocenters. The number of fused-ring (bicyclic) bond motifs is 1. The van der Waals surface area contributed by atoms with Gasteiger partial charge in [0, 0.05) is 43.9 Å². The molecule has 2 aromatic heterocycles. The molecule has 0 spiro atoms. The Balaban J connectivity index is 0.000000264. The Kier molecular flexibility index (Phi) is 15.0. The first-order chi connectivity index (χ1) is 18.5. The third kappa shape index (κ3) is 13.0. The van der Waals surface area contributed by atoms with Gasteiger partial charge in [-0.2, -0.15) is 10.2 Å². The van der Waals surface area contributed by atoms with Crippen molar-refractivity contribution in [3.8, 4) is 0 Å². The van der Waals surface area contributed by atoms with Crippen molar-refractivity contribution in [1.82, 2.24) is 20.0 Å². The summed E-state index contributed by atoms with van der Waals surface area (Å²) in [5.41, 5.74) is 13.8. The molecule has 1 unspecified atom stereocenters. The van der Waals surface area contributed by atoms with Crippen LogP contribution in [0.4, 0.5) is 0 Å². The third-order valence-electron chi connectivity index (χ3n) is 5.68. The van der Waals surface area contributed by atoms with Crippen LogP contribution in [0.1, 0.15) is 81.1 Å². The summed E-state index contributed by atoms with van der Waals surface area (Å²) in [4.78, 5) is 14.9. The Morgan fingerprint density at radius 1 is 1.13 bits per heavy atom. The van der Waals surface area contributed by atoms with Crippen molar-refractivity contribution in [2.75, 3.05) is 7.05 Å². The van der Waals surface area contributed by atoms with Crippen LogP contribution in [0.25, 0.3) is 10.9 Å². The third-order valence-corrected chi connectivity index (χ3v) is 5.68. The van der Waals surface area contributed by atoms with E-state index < -0.39 is 0 Å². The summed E-state index contributed by atoms with van der Waals surface area (Å²) >= 11 is 0.